The zero-order chi connectivity index (χ0) is 32.6. The number of aromatic nitrogens is 3. The summed E-state index contributed by atoms with van der Waals surface area (Å²) in [6.07, 6.45) is 3.68. The molecule has 0 amide bonds. The maximum Gasteiger partial charge on any atom is 0.160 e. The van der Waals surface area contributed by atoms with Crippen LogP contribution in [0.2, 0.25) is 0 Å². The number of thiophene rings is 1. The summed E-state index contributed by atoms with van der Waals surface area (Å²) < 4.78 is 2.61. The van der Waals surface area contributed by atoms with E-state index < -0.39 is 0 Å². The zero-order valence-electron chi connectivity index (χ0n) is 26.5. The Morgan fingerprint density at radius 1 is 0.388 bits per heavy atom. The lowest BCUT2D eigenvalue weighted by Crippen LogP contribution is -1.96. The number of fused-ring (bicyclic) bond motifs is 3. The molecule has 0 N–H and O–H groups in total. The van der Waals surface area contributed by atoms with E-state index in [9.17, 15) is 0 Å². The average Bonchev–Trinajstić information content (AvgIpc) is 3.58. The largest absolute Gasteiger partial charge is 0.264 e. The van der Waals surface area contributed by atoms with Gasteiger partial charge in [0.25, 0.3) is 0 Å². The quantitative estimate of drug-likeness (QED) is 0.181. The van der Waals surface area contributed by atoms with Gasteiger partial charge in [-0.1, -0.05) is 140 Å². The van der Waals surface area contributed by atoms with Crippen LogP contribution in [0.4, 0.5) is 0 Å². The van der Waals surface area contributed by atoms with Gasteiger partial charge in [0.1, 0.15) is 0 Å². The Bertz CT molecular complexity index is 2470. The third kappa shape index (κ3) is 5.58. The summed E-state index contributed by atoms with van der Waals surface area (Å²) in [5.41, 5.74) is 11.8. The first-order chi connectivity index (χ1) is 24.3. The number of benzene rings is 6. The average molecular weight is 644 g/mol. The number of hydrogen-bond donors (Lipinski definition) is 0. The first kappa shape index (κ1) is 29.0. The Morgan fingerprint density at radius 2 is 0.980 bits per heavy atom. The molecule has 3 aromatic heterocycles. The fraction of sp³-hybridized carbons (Fsp3) is 0. The number of rotatable bonds is 6. The molecule has 9 aromatic rings. The summed E-state index contributed by atoms with van der Waals surface area (Å²) >= 11 is 1.85. The fourth-order valence-electron chi connectivity index (χ4n) is 6.50. The Balaban J connectivity index is 1.16. The molecular formula is C45H29N3S. The molecule has 0 aliphatic heterocycles. The molecule has 9 rings (SSSR count). The minimum absolute atomic E-state index is 0.689. The lowest BCUT2D eigenvalue weighted by Gasteiger charge is -2.12. The van der Waals surface area contributed by atoms with Gasteiger partial charge in [0.2, 0.25) is 0 Å². The highest BCUT2D eigenvalue weighted by atomic mass is 32.1. The molecule has 3 nitrogen and oxygen atoms in total. The molecule has 49 heavy (non-hydrogen) atoms. The second kappa shape index (κ2) is 12.4. The highest BCUT2D eigenvalue weighted by molar-refractivity contribution is 7.26. The third-order valence-electron chi connectivity index (χ3n) is 9.03. The van der Waals surface area contributed by atoms with Crippen LogP contribution in [-0.2, 0) is 0 Å². The van der Waals surface area contributed by atoms with Gasteiger partial charge in [0, 0.05) is 49.3 Å². The smallest absolute Gasteiger partial charge is 0.160 e. The molecule has 0 spiro atoms. The van der Waals surface area contributed by atoms with Gasteiger partial charge >= 0.3 is 0 Å². The fourth-order valence-corrected chi connectivity index (χ4v) is 7.74. The number of nitrogens with zero attached hydrogens (tertiary/aromatic N) is 3. The van der Waals surface area contributed by atoms with Crippen LogP contribution in [0.5, 0.6) is 0 Å². The molecule has 0 radical (unpaired) electrons. The van der Waals surface area contributed by atoms with Gasteiger partial charge in [-0.15, -0.1) is 11.3 Å². The maximum atomic E-state index is 5.18. The van der Waals surface area contributed by atoms with Crippen molar-refractivity contribution in [1.29, 1.82) is 0 Å². The van der Waals surface area contributed by atoms with Crippen LogP contribution in [0.25, 0.3) is 87.5 Å². The van der Waals surface area contributed by atoms with E-state index in [0.29, 0.717) is 5.82 Å². The van der Waals surface area contributed by atoms with Crippen molar-refractivity contribution < 1.29 is 0 Å². The van der Waals surface area contributed by atoms with Crippen LogP contribution in [0.1, 0.15) is 0 Å². The summed E-state index contributed by atoms with van der Waals surface area (Å²) in [6, 6.07) is 57.7. The molecule has 0 saturated carbocycles. The molecule has 0 unspecified atom stereocenters. The lowest BCUT2D eigenvalue weighted by molar-refractivity contribution is 1.18. The van der Waals surface area contributed by atoms with Crippen molar-refractivity contribution >= 4 is 31.5 Å². The van der Waals surface area contributed by atoms with Gasteiger partial charge in [-0.3, -0.25) is 4.98 Å². The van der Waals surface area contributed by atoms with Crippen LogP contribution in [0.15, 0.2) is 176 Å². The van der Waals surface area contributed by atoms with Crippen LogP contribution >= 0.6 is 11.3 Å². The molecule has 0 atom stereocenters. The summed E-state index contributed by atoms with van der Waals surface area (Å²) in [7, 11) is 0. The van der Waals surface area contributed by atoms with Crippen molar-refractivity contribution in [2.75, 3.05) is 0 Å². The molecule has 3 heterocycles. The summed E-state index contributed by atoms with van der Waals surface area (Å²) in [4.78, 5) is 14.6. The van der Waals surface area contributed by atoms with Crippen LogP contribution in [-0.4, -0.2) is 15.0 Å². The molecule has 0 saturated heterocycles. The van der Waals surface area contributed by atoms with Crippen molar-refractivity contribution in [3.63, 3.8) is 0 Å². The van der Waals surface area contributed by atoms with Crippen LogP contribution < -0.4 is 0 Å². The summed E-state index contributed by atoms with van der Waals surface area (Å²) in [5.74, 6) is 0.689. The Morgan fingerprint density at radius 3 is 1.78 bits per heavy atom. The van der Waals surface area contributed by atoms with E-state index in [-0.39, 0.29) is 0 Å². The van der Waals surface area contributed by atoms with Crippen molar-refractivity contribution in [3.05, 3.63) is 176 Å². The second-order valence-electron chi connectivity index (χ2n) is 12.1. The minimum Gasteiger partial charge on any atom is -0.264 e. The molecule has 0 fully saturated rings. The maximum absolute atomic E-state index is 5.18. The molecule has 230 valence electrons. The number of hydrogen-bond acceptors (Lipinski definition) is 4. The van der Waals surface area contributed by atoms with Crippen molar-refractivity contribution in [1.82, 2.24) is 15.0 Å². The monoisotopic (exact) mass is 643 g/mol. The minimum atomic E-state index is 0.689. The van der Waals surface area contributed by atoms with Gasteiger partial charge in [0.15, 0.2) is 5.82 Å². The molecule has 4 heteroatoms. The van der Waals surface area contributed by atoms with Gasteiger partial charge in [-0.2, -0.15) is 0 Å². The van der Waals surface area contributed by atoms with Gasteiger partial charge in [-0.05, 0) is 57.6 Å². The van der Waals surface area contributed by atoms with Crippen molar-refractivity contribution in [2.45, 2.75) is 0 Å². The molecule has 0 aliphatic rings. The van der Waals surface area contributed by atoms with E-state index >= 15 is 0 Å². The molecule has 0 aliphatic carbocycles. The van der Waals surface area contributed by atoms with Gasteiger partial charge in [0.05, 0.1) is 11.4 Å². The second-order valence-corrected chi connectivity index (χ2v) is 13.1. The number of pyridine rings is 1. The topological polar surface area (TPSA) is 38.7 Å². The predicted molar refractivity (Wildman–Crippen MR) is 205 cm³/mol. The van der Waals surface area contributed by atoms with Crippen LogP contribution in [0.3, 0.4) is 0 Å². The first-order valence-electron chi connectivity index (χ1n) is 16.3. The first-order valence-corrected chi connectivity index (χ1v) is 17.2. The molecular weight excluding hydrogens is 615 g/mol. The van der Waals surface area contributed by atoms with Crippen LogP contribution in [0, 0.1) is 0 Å². The standard InChI is InChI=1S/C45H29N3S/c1-2-9-30(10-3-1)31-18-22-33(23-19-31)41-28-42(48-45(47-41)34-24-20-32(21-25-34)37-13-8-26-46-29-37)36-12-6-11-35(27-36)38-15-7-16-40-39-14-4-5-17-43(39)49-44(38)40/h1-29H. The summed E-state index contributed by atoms with van der Waals surface area (Å²) in [5, 5.41) is 2.60. The van der Waals surface area contributed by atoms with Gasteiger partial charge in [-0.25, -0.2) is 9.97 Å². The SMILES string of the molecule is c1ccc(-c2ccc(-c3cc(-c4cccc(-c5cccc6c5sc5ccccc56)c4)nc(-c4ccc(-c5cccnc5)cc4)n3)cc2)cc1. The normalized spacial score (nSPS) is 11.3. The van der Waals surface area contributed by atoms with Crippen molar-refractivity contribution in [3.8, 4) is 67.3 Å². The lowest BCUT2D eigenvalue weighted by atomic mass is 9.98. The van der Waals surface area contributed by atoms with E-state index in [2.05, 4.69) is 157 Å². The zero-order valence-corrected chi connectivity index (χ0v) is 27.3. The van der Waals surface area contributed by atoms with Crippen molar-refractivity contribution in [2.24, 2.45) is 0 Å². The van der Waals surface area contributed by atoms with Gasteiger partial charge < -0.3 is 0 Å². The third-order valence-corrected chi connectivity index (χ3v) is 10.2. The molecule has 6 aromatic carbocycles. The Kier molecular flexibility index (Phi) is 7.34. The Labute approximate surface area is 288 Å². The Hall–Kier alpha value is -6.23. The predicted octanol–water partition coefficient (Wildman–Crippen LogP) is 12.2. The van der Waals surface area contributed by atoms with E-state index in [1.54, 1.807) is 6.20 Å². The van der Waals surface area contributed by atoms with E-state index in [4.69, 9.17) is 9.97 Å². The highest BCUT2D eigenvalue weighted by Crippen LogP contribution is 2.40. The van der Waals surface area contributed by atoms with E-state index in [0.717, 1.165) is 39.2 Å². The summed E-state index contributed by atoms with van der Waals surface area (Å²) in [6.45, 7) is 0. The molecule has 0 bridgehead atoms. The van der Waals surface area contributed by atoms with E-state index in [1.165, 1.54) is 42.4 Å². The van der Waals surface area contributed by atoms with E-state index in [1.807, 2.05) is 29.7 Å². The highest BCUT2D eigenvalue weighted by Gasteiger charge is 2.14.